The lowest BCUT2D eigenvalue weighted by atomic mass is 9.88. The average Bonchev–Trinajstić information content (AvgIpc) is 3.03. The van der Waals surface area contributed by atoms with Crippen molar-refractivity contribution in [2.24, 2.45) is 0 Å². The van der Waals surface area contributed by atoms with Crippen LogP contribution in [-0.4, -0.2) is 17.0 Å². The summed E-state index contributed by atoms with van der Waals surface area (Å²) < 4.78 is 28.0. The normalized spacial score (nSPS) is 15.9. The van der Waals surface area contributed by atoms with Gasteiger partial charge in [-0.3, -0.25) is 4.79 Å². The third kappa shape index (κ3) is 3.00. The molecule has 0 spiro atoms. The number of hydrogen-bond donors (Lipinski definition) is 2. The van der Waals surface area contributed by atoms with Crippen LogP contribution in [0.5, 0.6) is 0 Å². The van der Waals surface area contributed by atoms with Gasteiger partial charge in [0, 0.05) is 22.8 Å². The van der Waals surface area contributed by atoms with E-state index in [2.05, 4.69) is 5.32 Å². The number of rotatable bonds is 3. The van der Waals surface area contributed by atoms with Crippen molar-refractivity contribution in [1.29, 1.82) is 0 Å². The van der Waals surface area contributed by atoms with E-state index in [4.69, 9.17) is 0 Å². The monoisotopic (exact) mass is 385 g/mol. The number of hydrogen-bond acceptors (Lipinski definition) is 3. The Balaban J connectivity index is 1.97. The number of benzene rings is 2. The van der Waals surface area contributed by atoms with Crippen molar-refractivity contribution in [1.82, 2.24) is 0 Å². The molecular formula is C20H13F2NO3S. The maximum Gasteiger partial charge on any atom is 0.346 e. The van der Waals surface area contributed by atoms with E-state index in [1.807, 2.05) is 0 Å². The summed E-state index contributed by atoms with van der Waals surface area (Å²) in [5.41, 5.74) is 1.42. The lowest BCUT2D eigenvalue weighted by Crippen LogP contribution is -2.23. The number of thiophene rings is 1. The van der Waals surface area contributed by atoms with Gasteiger partial charge in [-0.2, -0.15) is 0 Å². The van der Waals surface area contributed by atoms with Gasteiger partial charge in [-0.1, -0.05) is 30.3 Å². The molecule has 4 rings (SSSR count). The molecule has 3 aromatic rings. The fraction of sp³-hybridized carbons (Fsp3) is 0.100. The Morgan fingerprint density at radius 1 is 1.15 bits per heavy atom. The van der Waals surface area contributed by atoms with Gasteiger partial charge < -0.3 is 10.4 Å². The molecule has 0 saturated carbocycles. The second-order valence-corrected chi connectivity index (χ2v) is 7.24. The summed E-state index contributed by atoms with van der Waals surface area (Å²) in [6, 6.07) is 11.9. The van der Waals surface area contributed by atoms with Gasteiger partial charge in [0.2, 0.25) is 5.91 Å². The summed E-state index contributed by atoms with van der Waals surface area (Å²) in [5.74, 6) is -3.50. The molecule has 7 heteroatoms. The molecule has 0 radical (unpaired) electrons. The highest BCUT2D eigenvalue weighted by Crippen LogP contribution is 2.49. The minimum absolute atomic E-state index is 0.0453. The van der Waals surface area contributed by atoms with Crippen LogP contribution in [0.25, 0.3) is 11.1 Å². The SMILES string of the molecule is O=C1C[C@@H](c2cc(F)ccc2F)c2sc(C(=O)O)c(-c3ccccc3)c2N1. The summed E-state index contributed by atoms with van der Waals surface area (Å²) in [6.07, 6.45) is -0.0822. The number of aromatic carboxylic acids is 1. The first kappa shape index (κ1) is 17.4. The maximum absolute atomic E-state index is 14.4. The molecular weight excluding hydrogens is 372 g/mol. The smallest absolute Gasteiger partial charge is 0.346 e. The van der Waals surface area contributed by atoms with Crippen LogP contribution in [0.3, 0.4) is 0 Å². The van der Waals surface area contributed by atoms with Gasteiger partial charge in [-0.15, -0.1) is 11.3 Å². The van der Waals surface area contributed by atoms with Crippen LogP contribution >= 0.6 is 11.3 Å². The molecule has 1 aromatic heterocycles. The van der Waals surface area contributed by atoms with Gasteiger partial charge >= 0.3 is 5.97 Å². The zero-order valence-corrected chi connectivity index (χ0v) is 14.6. The van der Waals surface area contributed by atoms with E-state index in [1.165, 1.54) is 0 Å². The third-order valence-corrected chi connectivity index (χ3v) is 5.79. The number of halogens is 2. The molecule has 0 saturated heterocycles. The maximum atomic E-state index is 14.4. The molecule has 0 unspecified atom stereocenters. The molecule has 27 heavy (non-hydrogen) atoms. The summed E-state index contributed by atoms with van der Waals surface area (Å²) in [5, 5.41) is 12.4. The molecule has 1 aliphatic rings. The lowest BCUT2D eigenvalue weighted by Gasteiger charge is -2.24. The summed E-state index contributed by atoms with van der Waals surface area (Å²) in [7, 11) is 0. The number of anilines is 1. The standard InChI is InChI=1S/C20H13F2NO3S/c21-11-6-7-14(22)12(8-11)13-9-15(24)23-17-16(10-4-2-1-3-5-10)19(20(25)26)27-18(13)17/h1-8,13H,9H2,(H,23,24)(H,25,26)/t13-/m0/s1. The number of carbonyl (C=O) groups excluding carboxylic acids is 1. The van der Waals surface area contributed by atoms with Crippen molar-refractivity contribution >= 4 is 28.9 Å². The van der Waals surface area contributed by atoms with Gasteiger partial charge in [0.05, 0.1) is 5.69 Å². The van der Waals surface area contributed by atoms with Crippen molar-refractivity contribution in [2.75, 3.05) is 5.32 Å². The highest BCUT2D eigenvalue weighted by Gasteiger charge is 2.35. The second-order valence-electron chi connectivity index (χ2n) is 6.19. The first-order valence-corrected chi connectivity index (χ1v) is 8.97. The fourth-order valence-corrected chi connectivity index (χ4v) is 4.59. The Labute approximate surface area is 157 Å². The van der Waals surface area contributed by atoms with Crippen molar-refractivity contribution in [3.63, 3.8) is 0 Å². The van der Waals surface area contributed by atoms with Gasteiger partial charge in [0.1, 0.15) is 16.5 Å². The highest BCUT2D eigenvalue weighted by molar-refractivity contribution is 7.15. The first-order valence-electron chi connectivity index (χ1n) is 8.16. The van der Waals surface area contributed by atoms with Gasteiger partial charge in [0.25, 0.3) is 0 Å². The molecule has 4 nitrogen and oxygen atoms in total. The van der Waals surface area contributed by atoms with E-state index in [0.29, 0.717) is 21.7 Å². The van der Waals surface area contributed by atoms with Crippen LogP contribution in [0, 0.1) is 11.6 Å². The van der Waals surface area contributed by atoms with Gasteiger partial charge in [-0.05, 0) is 29.3 Å². The quantitative estimate of drug-likeness (QED) is 0.676. The van der Waals surface area contributed by atoms with Crippen molar-refractivity contribution < 1.29 is 23.5 Å². The Bertz CT molecular complexity index is 1060. The van der Waals surface area contributed by atoms with Crippen LogP contribution in [-0.2, 0) is 4.79 Å². The predicted molar refractivity (Wildman–Crippen MR) is 98.2 cm³/mol. The van der Waals surface area contributed by atoms with Crippen LogP contribution < -0.4 is 5.32 Å². The third-order valence-electron chi connectivity index (χ3n) is 4.50. The number of amides is 1. The zero-order chi connectivity index (χ0) is 19.1. The molecule has 136 valence electrons. The van der Waals surface area contributed by atoms with E-state index in [9.17, 15) is 23.5 Å². The molecule has 0 bridgehead atoms. The molecule has 1 atom stereocenters. The molecule has 2 heterocycles. The summed E-state index contributed by atoms with van der Waals surface area (Å²) in [4.78, 5) is 24.7. The number of carboxylic acids is 1. The highest BCUT2D eigenvalue weighted by atomic mass is 32.1. The van der Waals surface area contributed by atoms with E-state index >= 15 is 0 Å². The summed E-state index contributed by atoms with van der Waals surface area (Å²) >= 11 is 0.981. The van der Waals surface area contributed by atoms with E-state index in [0.717, 1.165) is 29.5 Å². The molecule has 2 aromatic carbocycles. The number of fused-ring (bicyclic) bond motifs is 1. The van der Waals surface area contributed by atoms with Crippen molar-refractivity contribution in [2.45, 2.75) is 12.3 Å². The Morgan fingerprint density at radius 3 is 2.59 bits per heavy atom. The Hall–Kier alpha value is -3.06. The Morgan fingerprint density at radius 2 is 1.89 bits per heavy atom. The zero-order valence-electron chi connectivity index (χ0n) is 13.8. The number of nitrogens with one attached hydrogen (secondary N) is 1. The fourth-order valence-electron chi connectivity index (χ4n) is 3.35. The van der Waals surface area contributed by atoms with Crippen LogP contribution in [0.4, 0.5) is 14.5 Å². The Kier molecular flexibility index (Phi) is 4.24. The molecule has 1 aliphatic heterocycles. The molecule has 2 N–H and O–H groups in total. The van der Waals surface area contributed by atoms with E-state index in [1.54, 1.807) is 30.3 Å². The second kappa shape index (κ2) is 6.59. The molecule has 0 fully saturated rings. The largest absolute Gasteiger partial charge is 0.477 e. The molecule has 1 amide bonds. The molecule has 0 aliphatic carbocycles. The topological polar surface area (TPSA) is 66.4 Å². The number of carboxylic acid groups (broad SMARTS) is 1. The predicted octanol–water partition coefficient (Wildman–Crippen LogP) is 4.87. The van der Waals surface area contributed by atoms with E-state index in [-0.39, 0.29) is 22.8 Å². The first-order chi connectivity index (χ1) is 13.0. The lowest BCUT2D eigenvalue weighted by molar-refractivity contribution is -0.116. The van der Waals surface area contributed by atoms with Crippen molar-refractivity contribution in [3.8, 4) is 11.1 Å². The number of carbonyl (C=O) groups is 2. The minimum atomic E-state index is -1.14. The van der Waals surface area contributed by atoms with E-state index < -0.39 is 23.5 Å². The van der Waals surface area contributed by atoms with Gasteiger partial charge in [-0.25, -0.2) is 13.6 Å². The van der Waals surface area contributed by atoms with Gasteiger partial charge in [0.15, 0.2) is 0 Å². The minimum Gasteiger partial charge on any atom is -0.477 e. The van der Waals surface area contributed by atoms with Crippen LogP contribution in [0.15, 0.2) is 48.5 Å². The summed E-state index contributed by atoms with van der Waals surface area (Å²) in [6.45, 7) is 0. The van der Waals surface area contributed by atoms with Crippen LogP contribution in [0.1, 0.15) is 32.5 Å². The average molecular weight is 385 g/mol. The van der Waals surface area contributed by atoms with Crippen LogP contribution in [0.2, 0.25) is 0 Å². The van der Waals surface area contributed by atoms with Crippen molar-refractivity contribution in [3.05, 3.63) is 75.5 Å².